The number of aliphatic hydroxyl groups is 1. The Hall–Kier alpha value is -1.39. The van der Waals surface area contributed by atoms with Gasteiger partial charge in [-0.2, -0.15) is 0 Å². The minimum atomic E-state index is -0.445. The number of carbonyl (C=O) groups is 1. The van der Waals surface area contributed by atoms with Crippen molar-refractivity contribution in [2.45, 2.75) is 38.3 Å². The summed E-state index contributed by atoms with van der Waals surface area (Å²) in [6, 6.07) is 6.15. The first kappa shape index (κ1) is 12.6. The van der Waals surface area contributed by atoms with Crippen LogP contribution in [0.15, 0.2) is 18.2 Å². The van der Waals surface area contributed by atoms with Gasteiger partial charge in [-0.05, 0) is 43.0 Å². The van der Waals surface area contributed by atoms with Gasteiger partial charge in [0.15, 0.2) is 0 Å². The van der Waals surface area contributed by atoms with Crippen LogP contribution in [0.2, 0.25) is 0 Å². The zero-order chi connectivity index (χ0) is 13.4. The van der Waals surface area contributed by atoms with Crippen LogP contribution in [0.5, 0.6) is 0 Å². The monoisotopic (exact) mass is 260 g/mol. The topological polar surface area (TPSA) is 52.6 Å². The van der Waals surface area contributed by atoms with Gasteiger partial charge in [0.1, 0.15) is 0 Å². The largest absolute Gasteiger partial charge is 0.387 e. The molecule has 2 aliphatic rings. The highest BCUT2D eigenvalue weighted by molar-refractivity contribution is 5.93. The van der Waals surface area contributed by atoms with Crippen LogP contribution >= 0.6 is 0 Å². The molecule has 2 aliphatic heterocycles. The van der Waals surface area contributed by atoms with Gasteiger partial charge in [-0.1, -0.05) is 12.1 Å². The first-order valence-corrected chi connectivity index (χ1v) is 6.99. The second-order valence-electron chi connectivity index (χ2n) is 5.46. The number of carbonyl (C=O) groups excluding carboxylic acids is 1. The van der Waals surface area contributed by atoms with Gasteiger partial charge in [0.05, 0.1) is 6.10 Å². The van der Waals surface area contributed by atoms with Crippen molar-refractivity contribution in [3.8, 4) is 0 Å². The summed E-state index contributed by atoms with van der Waals surface area (Å²) in [5.74, 6) is 0.0875. The Morgan fingerprint density at radius 1 is 1.53 bits per heavy atom. The highest BCUT2D eigenvalue weighted by Gasteiger charge is 2.27. The van der Waals surface area contributed by atoms with Crippen molar-refractivity contribution < 1.29 is 9.90 Å². The molecule has 2 N–H and O–H groups in total. The molecule has 4 nitrogen and oxygen atoms in total. The summed E-state index contributed by atoms with van der Waals surface area (Å²) >= 11 is 0. The predicted molar refractivity (Wildman–Crippen MR) is 74.2 cm³/mol. The van der Waals surface area contributed by atoms with Crippen molar-refractivity contribution in [1.29, 1.82) is 0 Å². The van der Waals surface area contributed by atoms with Crippen molar-refractivity contribution in [1.82, 2.24) is 5.32 Å². The fourth-order valence-electron chi connectivity index (χ4n) is 3.15. The van der Waals surface area contributed by atoms with Gasteiger partial charge < -0.3 is 15.3 Å². The van der Waals surface area contributed by atoms with Crippen LogP contribution in [0.3, 0.4) is 0 Å². The molecule has 0 aromatic heterocycles. The van der Waals surface area contributed by atoms with E-state index < -0.39 is 6.10 Å². The highest BCUT2D eigenvalue weighted by atomic mass is 16.3. The zero-order valence-corrected chi connectivity index (χ0v) is 11.2. The number of hydrogen-bond donors (Lipinski definition) is 2. The Balaban J connectivity index is 1.84. The van der Waals surface area contributed by atoms with Gasteiger partial charge in [-0.3, -0.25) is 4.79 Å². The normalized spacial score (nSPS) is 23.5. The maximum atomic E-state index is 11.5. The van der Waals surface area contributed by atoms with Crippen LogP contribution in [0.4, 0.5) is 5.69 Å². The minimum Gasteiger partial charge on any atom is -0.387 e. The number of aliphatic hydroxyl groups excluding tert-OH is 1. The van der Waals surface area contributed by atoms with Crippen molar-refractivity contribution in [2.75, 3.05) is 18.0 Å². The zero-order valence-electron chi connectivity index (χ0n) is 11.2. The Morgan fingerprint density at radius 2 is 2.37 bits per heavy atom. The predicted octanol–water partition coefficient (Wildman–Crippen LogP) is 1.38. The lowest BCUT2D eigenvalue weighted by molar-refractivity contribution is -0.116. The molecule has 19 heavy (non-hydrogen) atoms. The summed E-state index contributed by atoms with van der Waals surface area (Å²) in [5, 5.41) is 13.7. The summed E-state index contributed by atoms with van der Waals surface area (Å²) in [5.41, 5.74) is 3.14. The van der Waals surface area contributed by atoms with Gasteiger partial charge in [0, 0.05) is 25.2 Å². The van der Waals surface area contributed by atoms with Crippen LogP contribution in [-0.2, 0) is 11.2 Å². The Morgan fingerprint density at radius 3 is 3.05 bits per heavy atom. The van der Waals surface area contributed by atoms with E-state index in [1.165, 1.54) is 5.56 Å². The average Bonchev–Trinajstić information content (AvgIpc) is 3.06. The molecule has 2 unspecified atom stereocenters. The van der Waals surface area contributed by atoms with Gasteiger partial charge in [-0.15, -0.1) is 0 Å². The lowest BCUT2D eigenvalue weighted by atomic mass is 9.98. The number of amides is 1. The second-order valence-corrected chi connectivity index (χ2v) is 5.46. The van der Waals surface area contributed by atoms with E-state index in [1.807, 2.05) is 12.1 Å². The van der Waals surface area contributed by atoms with E-state index in [2.05, 4.69) is 11.4 Å². The van der Waals surface area contributed by atoms with Gasteiger partial charge in [-0.25, -0.2) is 0 Å². The number of anilines is 1. The molecular weight excluding hydrogens is 240 g/mol. The number of nitrogens with one attached hydrogen (secondary N) is 1. The Bertz CT molecular complexity index is 495. The molecular formula is C15H20N2O2. The maximum Gasteiger partial charge on any atom is 0.223 e. The van der Waals surface area contributed by atoms with E-state index in [1.54, 1.807) is 11.8 Å². The number of benzene rings is 1. The van der Waals surface area contributed by atoms with E-state index in [0.29, 0.717) is 0 Å². The van der Waals surface area contributed by atoms with Crippen LogP contribution in [0.1, 0.15) is 37.0 Å². The van der Waals surface area contributed by atoms with Gasteiger partial charge in [0.25, 0.3) is 0 Å². The third-order valence-corrected chi connectivity index (χ3v) is 4.20. The molecule has 1 aromatic rings. The van der Waals surface area contributed by atoms with Gasteiger partial charge >= 0.3 is 0 Å². The molecule has 0 saturated carbocycles. The number of nitrogens with zero attached hydrogens (tertiary/aromatic N) is 1. The minimum absolute atomic E-state index is 0.0875. The summed E-state index contributed by atoms with van der Waals surface area (Å²) in [7, 11) is 0. The van der Waals surface area contributed by atoms with Crippen molar-refractivity contribution in [2.24, 2.45) is 0 Å². The van der Waals surface area contributed by atoms with Crippen LogP contribution < -0.4 is 10.2 Å². The molecule has 2 heterocycles. The average molecular weight is 260 g/mol. The summed E-state index contributed by atoms with van der Waals surface area (Å²) in [6.07, 6.45) is 2.59. The second kappa shape index (κ2) is 4.94. The first-order valence-electron chi connectivity index (χ1n) is 6.99. The Kier molecular flexibility index (Phi) is 3.29. The standard InChI is InChI=1S/C15H20N2O2/c1-10(18)17-8-6-11-9-12(4-5-14(11)17)15(19)13-3-2-7-16-13/h4-5,9,13,15-16,19H,2-3,6-8H2,1H3. The molecule has 4 heteroatoms. The van der Waals surface area contributed by atoms with Gasteiger partial charge in [0.2, 0.25) is 5.91 Å². The Labute approximate surface area is 113 Å². The lowest BCUT2D eigenvalue weighted by Gasteiger charge is -2.20. The molecule has 3 rings (SSSR count). The molecule has 1 fully saturated rings. The third kappa shape index (κ3) is 2.26. The molecule has 1 aromatic carbocycles. The summed E-state index contributed by atoms with van der Waals surface area (Å²) < 4.78 is 0. The van der Waals surface area contributed by atoms with E-state index >= 15 is 0 Å². The lowest BCUT2D eigenvalue weighted by Crippen LogP contribution is -2.28. The van der Waals surface area contributed by atoms with E-state index in [0.717, 1.165) is 43.6 Å². The number of fused-ring (bicyclic) bond motifs is 1. The van der Waals surface area contributed by atoms with E-state index in [4.69, 9.17) is 0 Å². The van der Waals surface area contributed by atoms with Crippen molar-refractivity contribution in [3.63, 3.8) is 0 Å². The first-order chi connectivity index (χ1) is 9.16. The fraction of sp³-hybridized carbons (Fsp3) is 0.533. The van der Waals surface area contributed by atoms with E-state index in [9.17, 15) is 9.90 Å². The van der Waals surface area contributed by atoms with Crippen LogP contribution in [0, 0.1) is 0 Å². The van der Waals surface area contributed by atoms with E-state index in [-0.39, 0.29) is 11.9 Å². The molecule has 0 aliphatic carbocycles. The summed E-state index contributed by atoms with van der Waals surface area (Å²) in [6.45, 7) is 3.34. The number of rotatable bonds is 2. The fourth-order valence-corrected chi connectivity index (χ4v) is 3.15. The number of hydrogen-bond acceptors (Lipinski definition) is 3. The maximum absolute atomic E-state index is 11.5. The highest BCUT2D eigenvalue weighted by Crippen LogP contribution is 2.32. The molecule has 1 saturated heterocycles. The molecule has 1 amide bonds. The smallest absolute Gasteiger partial charge is 0.223 e. The molecule has 102 valence electrons. The molecule has 2 atom stereocenters. The van der Waals surface area contributed by atoms with Crippen molar-refractivity contribution in [3.05, 3.63) is 29.3 Å². The third-order valence-electron chi connectivity index (χ3n) is 4.20. The SMILES string of the molecule is CC(=O)N1CCc2cc(C(O)C3CCCN3)ccc21. The quantitative estimate of drug-likeness (QED) is 0.844. The molecule has 0 bridgehead atoms. The van der Waals surface area contributed by atoms with Crippen LogP contribution in [0.25, 0.3) is 0 Å². The molecule has 0 radical (unpaired) electrons. The molecule has 0 spiro atoms. The van der Waals surface area contributed by atoms with Crippen LogP contribution in [-0.4, -0.2) is 30.1 Å². The van der Waals surface area contributed by atoms with Crippen molar-refractivity contribution >= 4 is 11.6 Å². The summed E-state index contributed by atoms with van der Waals surface area (Å²) in [4.78, 5) is 13.3.